The van der Waals surface area contributed by atoms with Gasteiger partial charge in [0.15, 0.2) is 0 Å². The molecule has 5 nitrogen and oxygen atoms in total. The first-order chi connectivity index (χ1) is 11.5. The van der Waals surface area contributed by atoms with Crippen LogP contribution in [-0.2, 0) is 20.1 Å². The van der Waals surface area contributed by atoms with Gasteiger partial charge in [-0.3, -0.25) is 4.79 Å². The molecule has 0 spiro atoms. The summed E-state index contributed by atoms with van der Waals surface area (Å²) >= 11 is -3.49. The van der Waals surface area contributed by atoms with Crippen LogP contribution >= 0.6 is 0 Å². The fraction of sp³-hybridized carbons (Fsp3) is 0.438. The van der Waals surface area contributed by atoms with Crippen molar-refractivity contribution in [2.75, 3.05) is 6.61 Å². The molecule has 25 heavy (non-hydrogen) atoms. The van der Waals surface area contributed by atoms with Crippen molar-refractivity contribution in [1.29, 1.82) is 0 Å². The van der Waals surface area contributed by atoms with E-state index < -0.39 is 28.0 Å². The molecule has 0 aromatic heterocycles. The lowest BCUT2D eigenvalue weighted by atomic mass is 9.97. The van der Waals surface area contributed by atoms with Gasteiger partial charge < -0.3 is 13.7 Å². The lowest BCUT2D eigenvalue weighted by Gasteiger charge is -2.17. The van der Waals surface area contributed by atoms with Crippen molar-refractivity contribution >= 4 is 22.8 Å². The fourth-order valence-electron chi connectivity index (χ4n) is 1.83. The fourth-order valence-corrected chi connectivity index (χ4v) is 2.24. The van der Waals surface area contributed by atoms with E-state index in [0.29, 0.717) is 0 Å². The third-order valence-corrected chi connectivity index (χ3v) is 3.81. The summed E-state index contributed by atoms with van der Waals surface area (Å²) in [7, 11) is 0. The maximum absolute atomic E-state index is 12.5. The number of carbonyl (C=O) groups is 1. The summed E-state index contributed by atoms with van der Waals surface area (Å²) in [5.41, 5.74) is -5.51. The van der Waals surface area contributed by atoms with Gasteiger partial charge in [0.25, 0.3) is 0 Å². The van der Waals surface area contributed by atoms with Crippen molar-refractivity contribution in [3.8, 4) is 11.5 Å². The Balaban J connectivity index is 2.27. The smallest absolute Gasteiger partial charge is 0.492 e. The zero-order valence-corrected chi connectivity index (χ0v) is 14.6. The average Bonchev–Trinajstić information content (AvgIpc) is 2.67. The third kappa shape index (κ3) is 4.97. The van der Waals surface area contributed by atoms with Gasteiger partial charge in [0, 0.05) is 12.5 Å². The second-order valence-corrected chi connectivity index (χ2v) is 7.37. The average molecular weight is 378 g/mol. The lowest BCUT2D eigenvalue weighted by Crippen LogP contribution is -2.25. The molecule has 1 aliphatic rings. The molecule has 0 aliphatic carbocycles. The summed E-state index contributed by atoms with van der Waals surface area (Å²) in [6.07, 6.45) is 1.65. The molecule has 2 rings (SSSR count). The molecule has 138 valence electrons. The van der Waals surface area contributed by atoms with E-state index in [1.54, 1.807) is 20.8 Å². The molecule has 9 heteroatoms. The van der Waals surface area contributed by atoms with Gasteiger partial charge >= 0.3 is 22.6 Å². The topological polar surface area (TPSA) is 61.8 Å². The van der Waals surface area contributed by atoms with Gasteiger partial charge in [0.05, 0.1) is 17.6 Å². The van der Waals surface area contributed by atoms with Gasteiger partial charge in [-0.15, -0.1) is 0 Å². The Labute approximate surface area is 145 Å². The molecule has 1 aliphatic heterocycles. The number of esters is 1. The number of hydrogen-bond donors (Lipinski definition) is 0. The number of alkyl halides is 3. The lowest BCUT2D eigenvalue weighted by molar-refractivity contribution is -0.143. The Bertz CT molecular complexity index is 719. The maximum atomic E-state index is 12.5. The molecule has 1 heterocycles. The Morgan fingerprint density at radius 1 is 1.24 bits per heavy atom. The van der Waals surface area contributed by atoms with Crippen LogP contribution in [0.1, 0.15) is 32.8 Å². The maximum Gasteiger partial charge on any atom is 0.508 e. The highest BCUT2D eigenvalue weighted by Gasteiger charge is 2.40. The molecule has 0 fully saturated rings. The van der Waals surface area contributed by atoms with Crippen molar-refractivity contribution in [3.63, 3.8) is 0 Å². The number of carbonyl (C=O) groups excluding carboxylic acids is 1. The van der Waals surface area contributed by atoms with Crippen molar-refractivity contribution < 1.29 is 35.8 Å². The van der Waals surface area contributed by atoms with Crippen molar-refractivity contribution in [2.24, 2.45) is 5.41 Å². The standard InChI is InChI=1S/C16H17F3O5S/c1-15(2,3)14(20)23-10-6-7-11-12(24-25(21)16(17,18)19)5-4-8-22-13(11)9-10/h5-7,9H,4,8H2,1-3H3. The van der Waals surface area contributed by atoms with E-state index in [4.69, 9.17) is 9.47 Å². The number of benzene rings is 1. The Hall–Kier alpha value is -2.03. The van der Waals surface area contributed by atoms with Crippen molar-refractivity contribution in [2.45, 2.75) is 32.7 Å². The van der Waals surface area contributed by atoms with Crippen LogP contribution in [0.25, 0.3) is 5.76 Å². The van der Waals surface area contributed by atoms with Crippen LogP contribution in [0.3, 0.4) is 0 Å². The van der Waals surface area contributed by atoms with E-state index in [2.05, 4.69) is 4.18 Å². The van der Waals surface area contributed by atoms with Gasteiger partial charge in [0.2, 0.25) is 0 Å². The first kappa shape index (κ1) is 19.3. The Kier molecular flexibility index (Phi) is 5.46. The van der Waals surface area contributed by atoms with E-state index in [9.17, 15) is 22.2 Å². The highest BCUT2D eigenvalue weighted by Crippen LogP contribution is 2.36. The second kappa shape index (κ2) is 7.07. The van der Waals surface area contributed by atoms with Crippen LogP contribution in [0, 0.1) is 5.41 Å². The van der Waals surface area contributed by atoms with Gasteiger partial charge in [0.1, 0.15) is 17.3 Å². The summed E-state index contributed by atoms with van der Waals surface area (Å²) in [6, 6.07) is 4.19. The molecule has 0 saturated heterocycles. The summed E-state index contributed by atoms with van der Waals surface area (Å²) in [6.45, 7) is 5.26. The third-order valence-electron chi connectivity index (χ3n) is 3.10. The van der Waals surface area contributed by atoms with E-state index in [-0.39, 0.29) is 35.8 Å². The SMILES string of the molecule is CC(C)(C)C(=O)Oc1ccc2c(c1)OCCC=C2OS(=O)C(F)(F)F. The summed E-state index contributed by atoms with van der Waals surface area (Å²) in [5, 5.41) is 0. The van der Waals surface area contributed by atoms with Crippen LogP contribution in [0.2, 0.25) is 0 Å². The first-order valence-electron chi connectivity index (χ1n) is 7.35. The highest BCUT2D eigenvalue weighted by molar-refractivity contribution is 7.81. The molecule has 0 saturated carbocycles. The van der Waals surface area contributed by atoms with Crippen molar-refractivity contribution in [1.82, 2.24) is 0 Å². The van der Waals surface area contributed by atoms with Gasteiger partial charge in [-0.1, -0.05) is 0 Å². The number of rotatable bonds is 3. The molecule has 1 aromatic carbocycles. The number of halogens is 3. The van der Waals surface area contributed by atoms with Crippen molar-refractivity contribution in [3.05, 3.63) is 29.8 Å². The molecule has 0 amide bonds. The Morgan fingerprint density at radius 3 is 2.52 bits per heavy atom. The number of fused-ring (bicyclic) bond motifs is 1. The number of ether oxygens (including phenoxy) is 2. The molecular weight excluding hydrogens is 361 g/mol. The summed E-state index contributed by atoms with van der Waals surface area (Å²) in [4.78, 5) is 11.9. The van der Waals surface area contributed by atoms with Crippen LogP contribution in [-0.4, -0.2) is 22.3 Å². The van der Waals surface area contributed by atoms with E-state index >= 15 is 0 Å². The van der Waals surface area contributed by atoms with Crippen LogP contribution < -0.4 is 9.47 Å². The zero-order chi connectivity index (χ0) is 18.8. The minimum atomic E-state index is -4.99. The molecule has 0 radical (unpaired) electrons. The molecule has 0 bridgehead atoms. The highest BCUT2D eigenvalue weighted by atomic mass is 32.2. The predicted molar refractivity (Wildman–Crippen MR) is 84.9 cm³/mol. The molecule has 1 atom stereocenters. The quantitative estimate of drug-likeness (QED) is 0.589. The largest absolute Gasteiger partial charge is 0.508 e. The van der Waals surface area contributed by atoms with Crippen LogP contribution in [0.4, 0.5) is 13.2 Å². The summed E-state index contributed by atoms with van der Waals surface area (Å²) < 4.78 is 63.8. The monoisotopic (exact) mass is 378 g/mol. The molecule has 1 aromatic rings. The first-order valence-corrected chi connectivity index (χ1v) is 8.42. The molecule has 0 N–H and O–H groups in total. The molecular formula is C16H17F3O5S. The second-order valence-electron chi connectivity index (χ2n) is 6.27. The minimum absolute atomic E-state index is 0.183. The molecule has 1 unspecified atom stereocenters. The van der Waals surface area contributed by atoms with Gasteiger partial charge in [-0.25, -0.2) is 4.21 Å². The summed E-state index contributed by atoms with van der Waals surface area (Å²) in [5.74, 6) is -0.290. The minimum Gasteiger partial charge on any atom is -0.492 e. The number of hydrogen-bond acceptors (Lipinski definition) is 5. The van der Waals surface area contributed by atoms with E-state index in [0.717, 1.165) is 0 Å². The Morgan fingerprint density at radius 2 is 1.92 bits per heavy atom. The van der Waals surface area contributed by atoms with E-state index in [1.165, 1.54) is 24.3 Å². The normalized spacial score (nSPS) is 16.0. The predicted octanol–water partition coefficient (Wildman–Crippen LogP) is 3.96. The van der Waals surface area contributed by atoms with Crippen LogP contribution in [0.5, 0.6) is 11.5 Å². The zero-order valence-electron chi connectivity index (χ0n) is 13.8. The van der Waals surface area contributed by atoms with E-state index in [1.807, 2.05) is 0 Å². The van der Waals surface area contributed by atoms with Crippen LogP contribution in [0.15, 0.2) is 24.3 Å². The van der Waals surface area contributed by atoms with Gasteiger partial charge in [-0.2, -0.15) is 13.2 Å². The van der Waals surface area contributed by atoms with Gasteiger partial charge in [-0.05, 0) is 39.0 Å².